The number of carbonyl (C=O) groups is 1. The molecule has 3 aromatic rings. The molecule has 0 aliphatic carbocycles. The third-order valence-electron chi connectivity index (χ3n) is 3.93. The van der Waals surface area contributed by atoms with E-state index in [0.29, 0.717) is 17.2 Å². The molecular formula is C20H18FNO3. The van der Waals surface area contributed by atoms with Crippen LogP contribution in [0.5, 0.6) is 5.75 Å². The third kappa shape index (κ3) is 4.07. The molecule has 1 N–H and O–H groups in total. The smallest absolute Gasteiger partial charge is 0.225 e. The van der Waals surface area contributed by atoms with Crippen molar-refractivity contribution in [3.8, 4) is 5.75 Å². The van der Waals surface area contributed by atoms with E-state index in [4.69, 9.17) is 9.15 Å². The van der Waals surface area contributed by atoms with Gasteiger partial charge in [0.1, 0.15) is 17.3 Å². The lowest BCUT2D eigenvalue weighted by Crippen LogP contribution is -2.16. The average Bonchev–Trinajstić information content (AvgIpc) is 3.15. The molecule has 0 spiro atoms. The van der Waals surface area contributed by atoms with Gasteiger partial charge in [-0.2, -0.15) is 0 Å². The first kappa shape index (κ1) is 16.8. The highest BCUT2D eigenvalue weighted by Crippen LogP contribution is 2.30. The second-order valence-electron chi connectivity index (χ2n) is 5.57. The Hall–Kier alpha value is -3.08. The molecule has 1 aromatic heterocycles. The fraction of sp³-hybridized carbons (Fsp3) is 0.150. The molecular weight excluding hydrogens is 321 g/mol. The Morgan fingerprint density at radius 2 is 1.88 bits per heavy atom. The Morgan fingerprint density at radius 3 is 2.56 bits per heavy atom. The van der Waals surface area contributed by atoms with Crippen molar-refractivity contribution >= 4 is 11.6 Å². The van der Waals surface area contributed by atoms with Gasteiger partial charge in [-0.1, -0.05) is 24.3 Å². The number of nitrogens with one attached hydrogen (secondary N) is 1. The quantitative estimate of drug-likeness (QED) is 0.715. The first-order valence-corrected chi connectivity index (χ1v) is 7.89. The largest absolute Gasteiger partial charge is 0.495 e. The van der Waals surface area contributed by atoms with E-state index in [9.17, 15) is 9.18 Å². The zero-order valence-electron chi connectivity index (χ0n) is 13.7. The number of halogens is 1. The molecule has 128 valence electrons. The van der Waals surface area contributed by atoms with Gasteiger partial charge >= 0.3 is 0 Å². The van der Waals surface area contributed by atoms with Crippen LogP contribution in [0.3, 0.4) is 0 Å². The van der Waals surface area contributed by atoms with Crippen molar-refractivity contribution in [2.45, 2.75) is 12.3 Å². The second kappa shape index (κ2) is 7.66. The summed E-state index contributed by atoms with van der Waals surface area (Å²) in [7, 11) is 1.55. The fourth-order valence-electron chi connectivity index (χ4n) is 2.70. The highest BCUT2D eigenvalue weighted by molar-refractivity contribution is 5.93. The maximum Gasteiger partial charge on any atom is 0.225 e. The number of ether oxygens (including phenoxy) is 1. The molecule has 3 rings (SSSR count). The van der Waals surface area contributed by atoms with Crippen LogP contribution in [-0.4, -0.2) is 13.0 Å². The Kier molecular flexibility index (Phi) is 5.14. The van der Waals surface area contributed by atoms with Crippen LogP contribution in [0, 0.1) is 5.82 Å². The molecule has 0 aliphatic heterocycles. The lowest BCUT2D eigenvalue weighted by atomic mass is 9.93. The van der Waals surface area contributed by atoms with Gasteiger partial charge in [0, 0.05) is 6.42 Å². The predicted molar refractivity (Wildman–Crippen MR) is 93.2 cm³/mol. The van der Waals surface area contributed by atoms with Crippen molar-refractivity contribution in [3.63, 3.8) is 0 Å². The molecule has 5 heteroatoms. The summed E-state index contributed by atoms with van der Waals surface area (Å²) < 4.78 is 23.9. The van der Waals surface area contributed by atoms with Crippen molar-refractivity contribution in [3.05, 3.63) is 84.1 Å². The molecule has 0 fully saturated rings. The molecule has 4 nitrogen and oxygen atoms in total. The Balaban J connectivity index is 1.80. The van der Waals surface area contributed by atoms with Gasteiger partial charge in [-0.05, 0) is 42.0 Å². The van der Waals surface area contributed by atoms with Gasteiger partial charge in [-0.3, -0.25) is 4.79 Å². The molecule has 0 radical (unpaired) electrons. The molecule has 0 saturated heterocycles. The number of rotatable bonds is 6. The second-order valence-corrected chi connectivity index (χ2v) is 5.57. The molecule has 0 aliphatic rings. The minimum Gasteiger partial charge on any atom is -0.495 e. The van der Waals surface area contributed by atoms with E-state index in [-0.39, 0.29) is 24.1 Å². The van der Waals surface area contributed by atoms with Gasteiger partial charge in [0.05, 0.1) is 25.0 Å². The van der Waals surface area contributed by atoms with E-state index in [2.05, 4.69) is 5.32 Å². The number of anilines is 1. The van der Waals surface area contributed by atoms with Crippen LogP contribution in [-0.2, 0) is 4.79 Å². The van der Waals surface area contributed by atoms with Gasteiger partial charge in [-0.15, -0.1) is 0 Å². The molecule has 1 atom stereocenters. The summed E-state index contributed by atoms with van der Waals surface area (Å²) in [4.78, 5) is 12.5. The summed E-state index contributed by atoms with van der Waals surface area (Å²) in [6.07, 6.45) is 1.72. The third-order valence-corrected chi connectivity index (χ3v) is 3.93. The highest BCUT2D eigenvalue weighted by Gasteiger charge is 2.21. The number of hydrogen-bond donors (Lipinski definition) is 1. The monoisotopic (exact) mass is 339 g/mol. The number of carbonyl (C=O) groups excluding carboxylic acids is 1. The van der Waals surface area contributed by atoms with Crippen molar-refractivity contribution in [2.75, 3.05) is 12.4 Å². The summed E-state index contributed by atoms with van der Waals surface area (Å²) in [5.74, 6) is 0.440. The van der Waals surface area contributed by atoms with Gasteiger partial charge in [0.25, 0.3) is 0 Å². The minimum absolute atomic E-state index is 0.164. The summed E-state index contributed by atoms with van der Waals surface area (Å²) in [6.45, 7) is 0. The highest BCUT2D eigenvalue weighted by atomic mass is 19.1. The van der Waals surface area contributed by atoms with Gasteiger partial charge in [0.2, 0.25) is 5.91 Å². The molecule has 1 heterocycles. The number of amides is 1. The fourth-order valence-corrected chi connectivity index (χ4v) is 2.70. The topological polar surface area (TPSA) is 51.5 Å². The van der Waals surface area contributed by atoms with Gasteiger partial charge in [0.15, 0.2) is 0 Å². The predicted octanol–water partition coefficient (Wildman–Crippen LogP) is 4.59. The number of furan rings is 1. The van der Waals surface area contributed by atoms with Crippen LogP contribution in [0.2, 0.25) is 0 Å². The summed E-state index contributed by atoms with van der Waals surface area (Å²) in [5, 5.41) is 2.86. The van der Waals surface area contributed by atoms with Crippen LogP contribution in [0.15, 0.2) is 71.3 Å². The zero-order chi connectivity index (χ0) is 17.6. The number of benzene rings is 2. The van der Waals surface area contributed by atoms with Gasteiger partial charge in [-0.25, -0.2) is 4.39 Å². The Bertz CT molecular complexity index is 828. The van der Waals surface area contributed by atoms with E-state index >= 15 is 0 Å². The van der Waals surface area contributed by atoms with E-state index in [1.165, 1.54) is 12.1 Å². The molecule has 2 aromatic carbocycles. The van der Waals surface area contributed by atoms with Crippen molar-refractivity contribution in [2.24, 2.45) is 0 Å². The van der Waals surface area contributed by atoms with E-state index < -0.39 is 0 Å². The maximum atomic E-state index is 13.2. The summed E-state index contributed by atoms with van der Waals surface area (Å²) in [6, 6.07) is 16.9. The lowest BCUT2D eigenvalue weighted by Gasteiger charge is -2.16. The lowest BCUT2D eigenvalue weighted by molar-refractivity contribution is -0.116. The molecule has 0 bridgehead atoms. The van der Waals surface area contributed by atoms with Crippen LogP contribution >= 0.6 is 0 Å². The first-order valence-electron chi connectivity index (χ1n) is 7.89. The Morgan fingerprint density at radius 1 is 1.12 bits per heavy atom. The normalized spacial score (nSPS) is 11.8. The van der Waals surface area contributed by atoms with E-state index in [1.54, 1.807) is 43.7 Å². The SMILES string of the molecule is COc1ccccc1NC(=O)C[C@@H](c1ccc(F)cc1)c1ccco1. The molecule has 0 saturated carbocycles. The van der Waals surface area contributed by atoms with Crippen LogP contribution in [0.25, 0.3) is 0 Å². The number of hydrogen-bond acceptors (Lipinski definition) is 3. The van der Waals surface area contributed by atoms with Crippen LogP contribution < -0.4 is 10.1 Å². The van der Waals surface area contributed by atoms with Crippen molar-refractivity contribution in [1.29, 1.82) is 0 Å². The minimum atomic E-state index is -0.319. The van der Waals surface area contributed by atoms with E-state index in [1.807, 2.05) is 18.2 Å². The summed E-state index contributed by atoms with van der Waals surface area (Å²) in [5.41, 5.74) is 1.42. The molecule has 1 amide bonds. The van der Waals surface area contributed by atoms with Crippen molar-refractivity contribution < 1.29 is 18.3 Å². The number of methoxy groups -OCH3 is 1. The van der Waals surface area contributed by atoms with Gasteiger partial charge < -0.3 is 14.5 Å². The van der Waals surface area contributed by atoms with Crippen LogP contribution in [0.1, 0.15) is 23.7 Å². The average molecular weight is 339 g/mol. The zero-order valence-corrected chi connectivity index (χ0v) is 13.7. The summed E-state index contributed by atoms with van der Waals surface area (Å²) >= 11 is 0. The number of para-hydroxylation sites is 2. The van der Waals surface area contributed by atoms with Crippen molar-refractivity contribution in [1.82, 2.24) is 0 Å². The van der Waals surface area contributed by atoms with Crippen LogP contribution in [0.4, 0.5) is 10.1 Å². The maximum absolute atomic E-state index is 13.2. The molecule has 25 heavy (non-hydrogen) atoms. The Labute approximate surface area is 145 Å². The van der Waals surface area contributed by atoms with E-state index in [0.717, 1.165) is 5.56 Å². The molecule has 0 unspecified atom stereocenters. The standard InChI is InChI=1S/C20H18FNO3/c1-24-19-6-3-2-5-17(19)22-20(23)13-16(18-7-4-12-25-18)14-8-10-15(21)11-9-14/h2-12,16H,13H2,1H3,(H,22,23)/t16-/m0/s1. The first-order chi connectivity index (χ1) is 12.2.